The number of nitrogens with zero attached hydrogens (tertiary/aromatic N) is 2. The Kier molecular flexibility index (Phi) is 12.0. The van der Waals surface area contributed by atoms with Crippen LogP contribution in [-0.2, 0) is 23.4 Å². The zero-order valence-corrected chi connectivity index (χ0v) is 31.9. The van der Waals surface area contributed by atoms with Crippen LogP contribution in [0.3, 0.4) is 0 Å². The van der Waals surface area contributed by atoms with Gasteiger partial charge in [-0.2, -0.15) is 0 Å². The van der Waals surface area contributed by atoms with Gasteiger partial charge in [0.15, 0.2) is 0 Å². The molecule has 50 heavy (non-hydrogen) atoms. The van der Waals surface area contributed by atoms with E-state index in [1.54, 1.807) is 18.2 Å². The largest absolute Gasteiger partial charge is 0.744 e. The molecular weight excluding hydrogens is 669 g/mol. The van der Waals surface area contributed by atoms with Gasteiger partial charge in [0.05, 0.1) is 11.0 Å². The predicted molar refractivity (Wildman–Crippen MR) is 201 cm³/mol. The number of benzene rings is 4. The van der Waals surface area contributed by atoms with Gasteiger partial charge in [-0.15, -0.1) is 0 Å². The molecule has 0 saturated heterocycles. The van der Waals surface area contributed by atoms with Gasteiger partial charge in [-0.25, -0.2) is 13.0 Å². The lowest BCUT2D eigenvalue weighted by atomic mass is 9.93. The van der Waals surface area contributed by atoms with Crippen LogP contribution in [0.5, 0.6) is 0 Å². The van der Waals surface area contributed by atoms with Crippen LogP contribution in [0, 0.1) is 13.8 Å². The molecule has 5 rings (SSSR count). The van der Waals surface area contributed by atoms with Crippen molar-refractivity contribution in [1.82, 2.24) is 4.58 Å². The average Bonchev–Trinajstić information content (AvgIpc) is 3.08. The van der Waals surface area contributed by atoms with E-state index in [0.29, 0.717) is 59.3 Å². The molecule has 0 spiro atoms. The first-order valence-electron chi connectivity index (χ1n) is 17.3. The Balaban J connectivity index is 1.68. The zero-order valence-electron chi connectivity index (χ0n) is 30.1. The highest BCUT2D eigenvalue weighted by Crippen LogP contribution is 2.43. The Bertz CT molecular complexity index is 2070. The third-order valence-electron chi connectivity index (χ3n) is 8.96. The van der Waals surface area contributed by atoms with E-state index >= 15 is 0 Å². The first kappa shape index (κ1) is 37.4. The summed E-state index contributed by atoms with van der Waals surface area (Å²) in [5.74, 6) is 0.573. The molecule has 0 bridgehead atoms. The second kappa shape index (κ2) is 16.0. The summed E-state index contributed by atoms with van der Waals surface area (Å²) < 4.78 is 64.6. The van der Waals surface area contributed by atoms with E-state index in [0.717, 1.165) is 47.4 Å². The van der Waals surface area contributed by atoms with Crippen LogP contribution in [-0.4, -0.2) is 61.7 Å². The van der Waals surface area contributed by atoms with Crippen molar-refractivity contribution in [2.45, 2.75) is 58.9 Å². The molecule has 266 valence electrons. The van der Waals surface area contributed by atoms with Gasteiger partial charge in [-0.3, -0.25) is 0 Å². The van der Waals surface area contributed by atoms with Gasteiger partial charge in [0.2, 0.25) is 5.36 Å². The highest BCUT2D eigenvalue weighted by molar-refractivity contribution is 7.85. The summed E-state index contributed by atoms with van der Waals surface area (Å²) in [6, 6.07) is 25.2. The van der Waals surface area contributed by atoms with E-state index in [-0.39, 0.29) is 4.90 Å². The molecule has 1 heterocycles. The van der Waals surface area contributed by atoms with Crippen LogP contribution in [0.1, 0.15) is 45.2 Å². The highest BCUT2D eigenvalue weighted by atomic mass is 32.2. The normalized spacial score (nSPS) is 12.9. The van der Waals surface area contributed by atoms with Gasteiger partial charge in [0, 0.05) is 84.4 Å². The molecule has 3 aromatic rings. The summed E-state index contributed by atoms with van der Waals surface area (Å²) in [5.41, 5.74) is 6.65. The van der Waals surface area contributed by atoms with Gasteiger partial charge in [-0.1, -0.05) is 36.4 Å². The Labute approximate surface area is 297 Å². The Morgan fingerprint density at radius 3 is 2.10 bits per heavy atom. The molecule has 1 aliphatic carbocycles. The number of hydrogen-bond acceptors (Lipinski definition) is 8. The van der Waals surface area contributed by atoms with Crippen molar-refractivity contribution in [2.75, 3.05) is 44.9 Å². The first-order valence-corrected chi connectivity index (χ1v) is 20.7. The number of hydrogen-bond donors (Lipinski definition) is 0. The summed E-state index contributed by atoms with van der Waals surface area (Å²) in [5, 5.41) is 1.63. The fourth-order valence-corrected chi connectivity index (χ4v) is 10.1. The first-order chi connectivity index (χ1) is 24.0. The van der Waals surface area contributed by atoms with Gasteiger partial charge >= 0.3 is 8.80 Å². The maximum atomic E-state index is 12.5. The summed E-state index contributed by atoms with van der Waals surface area (Å²) in [6.07, 6.45) is 0.796. The van der Waals surface area contributed by atoms with Crippen molar-refractivity contribution in [2.24, 2.45) is 0 Å². The van der Waals surface area contributed by atoms with Crippen LogP contribution in [0.15, 0.2) is 88.2 Å². The minimum Gasteiger partial charge on any atom is -0.744 e. The third-order valence-corrected chi connectivity index (χ3v) is 13.0. The SMILES string of the molecule is CCO[Si](CCC[N+](C)=c1ccc2c(-c3ccccc3S(=O)(=O)[O-])c3ccc(N(CC)c4c(C)cccc4C)cc3oc-2c1)(OCC)OCC. The van der Waals surface area contributed by atoms with Crippen molar-refractivity contribution in [3.8, 4) is 22.5 Å². The topological polar surface area (TPSA) is 104 Å². The van der Waals surface area contributed by atoms with E-state index in [1.165, 1.54) is 6.07 Å². The van der Waals surface area contributed by atoms with E-state index in [2.05, 4.69) is 48.4 Å². The molecule has 0 N–H and O–H groups in total. The molecule has 0 fully saturated rings. The molecule has 0 radical (unpaired) electrons. The lowest BCUT2D eigenvalue weighted by Gasteiger charge is -2.28. The molecule has 0 atom stereocenters. The van der Waals surface area contributed by atoms with Crippen LogP contribution < -0.4 is 14.8 Å². The molecular formula is C39H48N2O7SSi. The molecule has 3 aromatic carbocycles. The molecule has 0 unspecified atom stereocenters. The number of para-hydroxylation sites is 1. The highest BCUT2D eigenvalue weighted by Gasteiger charge is 2.40. The molecule has 11 heteroatoms. The maximum Gasteiger partial charge on any atom is 0.501 e. The van der Waals surface area contributed by atoms with E-state index < -0.39 is 18.9 Å². The quantitative estimate of drug-likeness (QED) is 0.0470. The number of aryl methyl sites for hydroxylation is 2. The maximum absolute atomic E-state index is 12.5. The van der Waals surface area contributed by atoms with Crippen molar-refractivity contribution >= 4 is 41.3 Å². The second-order valence-corrected chi connectivity index (χ2v) is 16.4. The monoisotopic (exact) mass is 716 g/mol. The molecule has 0 amide bonds. The lowest BCUT2D eigenvalue weighted by Crippen LogP contribution is -2.46. The minimum atomic E-state index is -4.77. The third kappa shape index (κ3) is 7.88. The van der Waals surface area contributed by atoms with Crippen molar-refractivity contribution < 1.29 is 30.7 Å². The molecule has 2 aliphatic rings. The predicted octanol–water partition coefficient (Wildman–Crippen LogP) is 7.72. The van der Waals surface area contributed by atoms with E-state index in [1.807, 2.05) is 64.2 Å². The summed E-state index contributed by atoms with van der Waals surface area (Å²) >= 11 is 0. The average molecular weight is 717 g/mol. The Morgan fingerprint density at radius 1 is 0.820 bits per heavy atom. The van der Waals surface area contributed by atoms with Crippen molar-refractivity contribution in [1.29, 1.82) is 0 Å². The van der Waals surface area contributed by atoms with E-state index in [9.17, 15) is 13.0 Å². The Morgan fingerprint density at radius 2 is 1.48 bits per heavy atom. The van der Waals surface area contributed by atoms with Gasteiger partial charge in [0.1, 0.15) is 35.1 Å². The van der Waals surface area contributed by atoms with Crippen LogP contribution in [0.4, 0.5) is 11.4 Å². The zero-order chi connectivity index (χ0) is 36.1. The number of rotatable bonds is 15. The lowest BCUT2D eigenvalue weighted by molar-refractivity contribution is 0.0707. The summed E-state index contributed by atoms with van der Waals surface area (Å²) in [4.78, 5) is 1.98. The van der Waals surface area contributed by atoms with Crippen molar-refractivity contribution in [3.05, 3.63) is 95.3 Å². The minimum absolute atomic E-state index is 0.268. The van der Waals surface area contributed by atoms with Crippen LogP contribution in [0.2, 0.25) is 6.04 Å². The molecule has 0 saturated carbocycles. The van der Waals surface area contributed by atoms with Crippen LogP contribution >= 0.6 is 0 Å². The molecule has 9 nitrogen and oxygen atoms in total. The molecule has 0 aromatic heterocycles. The van der Waals surface area contributed by atoms with Crippen LogP contribution in [0.25, 0.3) is 33.4 Å². The number of fused-ring (bicyclic) bond motifs is 2. The van der Waals surface area contributed by atoms with Crippen molar-refractivity contribution in [3.63, 3.8) is 0 Å². The van der Waals surface area contributed by atoms with Gasteiger partial charge < -0.3 is 27.1 Å². The fraction of sp³-hybridized carbons (Fsp3) is 0.359. The molecule has 1 aliphatic heterocycles. The smallest absolute Gasteiger partial charge is 0.501 e. The standard InChI is InChI=1S/C39H48N2O7SSi/c1-8-41(39-28(5)16-14-17-29(39)6)31-21-23-33-36(27-31)48-35-26-30(40(7)24-15-25-50(45-9-2,46-10-3)47-11-4)20-22-32(35)38(33)34-18-12-13-19-37(34)49(42,43)44/h12-14,16-23,26-27H,8-11,15,24-25H2,1-7H3. The fourth-order valence-electron chi connectivity index (χ4n) is 6.82. The number of anilines is 2. The summed E-state index contributed by atoms with van der Waals surface area (Å²) in [7, 11) is -5.53. The Hall–Kier alpha value is -3.84. The van der Waals surface area contributed by atoms with Gasteiger partial charge in [0.25, 0.3) is 0 Å². The van der Waals surface area contributed by atoms with E-state index in [4.69, 9.17) is 17.7 Å². The van der Waals surface area contributed by atoms with Gasteiger partial charge in [-0.05, 0) is 76.9 Å². The summed E-state index contributed by atoms with van der Waals surface area (Å²) in [6.45, 7) is 15.2. The second-order valence-electron chi connectivity index (χ2n) is 12.3.